The third-order valence-corrected chi connectivity index (χ3v) is 6.73. The van der Waals surface area contributed by atoms with Crippen LogP contribution >= 0.6 is 0 Å². The fourth-order valence-corrected chi connectivity index (χ4v) is 4.88. The number of amides is 2. The fraction of sp³-hybridized carbons (Fsp3) is 0.462. The summed E-state index contributed by atoms with van der Waals surface area (Å²) in [5, 5.41) is 3.02. The van der Waals surface area contributed by atoms with Crippen LogP contribution in [0.25, 0.3) is 0 Å². The molecule has 2 aromatic carbocycles. The van der Waals surface area contributed by atoms with E-state index in [4.69, 9.17) is 14.2 Å². The summed E-state index contributed by atoms with van der Waals surface area (Å²) in [6, 6.07) is 8.69. The molecule has 2 amide bonds. The first-order valence-corrected chi connectivity index (χ1v) is 11.8. The van der Waals surface area contributed by atoms with E-state index in [1.807, 2.05) is 0 Å². The summed E-state index contributed by atoms with van der Waals surface area (Å²) in [6.45, 7) is 4.53. The van der Waals surface area contributed by atoms with Gasteiger partial charge < -0.3 is 24.4 Å². The van der Waals surface area contributed by atoms with Gasteiger partial charge in [0, 0.05) is 37.8 Å². The van der Waals surface area contributed by atoms with Gasteiger partial charge >= 0.3 is 0 Å². The lowest BCUT2D eigenvalue weighted by Crippen LogP contribution is -2.46. The highest BCUT2D eigenvalue weighted by atomic mass is 19.1. The molecule has 0 saturated carbocycles. The molecular weight excluding hydrogens is 453 g/mol. The van der Waals surface area contributed by atoms with E-state index in [1.54, 1.807) is 37.4 Å². The van der Waals surface area contributed by atoms with Crippen molar-refractivity contribution in [3.8, 4) is 11.5 Å². The van der Waals surface area contributed by atoms with Crippen LogP contribution in [0.15, 0.2) is 36.4 Å². The van der Waals surface area contributed by atoms with Crippen LogP contribution in [0.3, 0.4) is 0 Å². The Bertz CT molecular complexity index is 1070. The minimum atomic E-state index is -0.826. The Balaban J connectivity index is 1.65. The summed E-state index contributed by atoms with van der Waals surface area (Å²) in [7, 11) is 4.58. The van der Waals surface area contributed by atoms with Crippen LogP contribution in [0.2, 0.25) is 0 Å². The summed E-state index contributed by atoms with van der Waals surface area (Å²) in [5.74, 6) is -1.08. The Morgan fingerprint density at radius 3 is 2.49 bits per heavy atom. The molecule has 2 atom stereocenters. The summed E-state index contributed by atoms with van der Waals surface area (Å²) in [6.07, 6.45) is 0.774. The van der Waals surface area contributed by atoms with Crippen molar-refractivity contribution in [2.75, 3.05) is 60.7 Å². The summed E-state index contributed by atoms with van der Waals surface area (Å²) < 4.78 is 31.1. The topological polar surface area (TPSA) is 80.3 Å². The molecule has 0 spiro atoms. The lowest BCUT2D eigenvalue weighted by atomic mass is 9.79. The second-order valence-corrected chi connectivity index (χ2v) is 8.75. The molecule has 9 heteroatoms. The summed E-state index contributed by atoms with van der Waals surface area (Å²) in [4.78, 5) is 30.7. The van der Waals surface area contributed by atoms with Gasteiger partial charge in [0.05, 0.1) is 39.4 Å². The van der Waals surface area contributed by atoms with Crippen LogP contribution in [0.5, 0.6) is 11.5 Å². The predicted octanol–water partition coefficient (Wildman–Crippen LogP) is 2.59. The third kappa shape index (κ3) is 5.11. The van der Waals surface area contributed by atoms with Gasteiger partial charge in [-0.05, 0) is 36.7 Å². The van der Waals surface area contributed by atoms with Crippen LogP contribution < -0.4 is 14.8 Å². The molecule has 2 aliphatic heterocycles. The number of morpholine rings is 1. The predicted molar refractivity (Wildman–Crippen MR) is 128 cm³/mol. The van der Waals surface area contributed by atoms with E-state index >= 15 is 0 Å². The van der Waals surface area contributed by atoms with Gasteiger partial charge in [-0.1, -0.05) is 18.2 Å². The van der Waals surface area contributed by atoms with Crippen LogP contribution in [0, 0.1) is 5.82 Å². The van der Waals surface area contributed by atoms with E-state index in [1.165, 1.54) is 25.2 Å². The van der Waals surface area contributed by atoms with E-state index in [0.29, 0.717) is 29.2 Å². The maximum atomic E-state index is 14.9. The van der Waals surface area contributed by atoms with Gasteiger partial charge in [0.15, 0.2) is 11.5 Å². The SMILES string of the molecule is COc1cc2c(cc1OC)[C@@H](C(=O)NCCCN1CCOCC1)[C@@H](c1ccccc1F)N(C)C2=O. The van der Waals surface area contributed by atoms with Crippen LogP contribution in [0.4, 0.5) is 4.39 Å². The first-order valence-electron chi connectivity index (χ1n) is 11.8. The highest BCUT2D eigenvalue weighted by Crippen LogP contribution is 2.46. The molecule has 2 aliphatic rings. The number of nitrogens with one attached hydrogen (secondary N) is 1. The van der Waals surface area contributed by atoms with E-state index in [9.17, 15) is 14.0 Å². The molecule has 35 heavy (non-hydrogen) atoms. The molecule has 1 saturated heterocycles. The number of rotatable bonds is 8. The number of carbonyl (C=O) groups excluding carboxylic acids is 2. The molecule has 4 rings (SSSR count). The van der Waals surface area contributed by atoms with Gasteiger partial charge in [-0.3, -0.25) is 14.5 Å². The van der Waals surface area contributed by atoms with Gasteiger partial charge in [0.25, 0.3) is 5.91 Å². The molecule has 0 unspecified atom stereocenters. The maximum Gasteiger partial charge on any atom is 0.254 e. The zero-order valence-corrected chi connectivity index (χ0v) is 20.4. The second-order valence-electron chi connectivity index (χ2n) is 8.75. The highest BCUT2D eigenvalue weighted by Gasteiger charge is 2.44. The third-order valence-electron chi connectivity index (χ3n) is 6.73. The smallest absolute Gasteiger partial charge is 0.254 e. The molecule has 188 valence electrons. The normalized spacial score (nSPS) is 20.3. The Morgan fingerprint density at radius 1 is 1.11 bits per heavy atom. The monoisotopic (exact) mass is 485 g/mol. The van der Waals surface area contributed by atoms with Crippen molar-refractivity contribution < 1.29 is 28.2 Å². The number of carbonyl (C=O) groups is 2. The molecule has 0 radical (unpaired) electrons. The largest absolute Gasteiger partial charge is 0.493 e. The van der Waals surface area contributed by atoms with Crippen LogP contribution in [0.1, 0.15) is 39.9 Å². The highest BCUT2D eigenvalue weighted by molar-refractivity contribution is 6.02. The van der Waals surface area contributed by atoms with Crippen molar-refractivity contribution in [3.63, 3.8) is 0 Å². The molecule has 1 N–H and O–H groups in total. The molecule has 1 fully saturated rings. The molecule has 2 aromatic rings. The number of hydrogen-bond donors (Lipinski definition) is 1. The van der Waals surface area contributed by atoms with Gasteiger partial charge in [0.1, 0.15) is 5.82 Å². The average molecular weight is 486 g/mol. The van der Waals surface area contributed by atoms with Crippen molar-refractivity contribution >= 4 is 11.8 Å². The van der Waals surface area contributed by atoms with E-state index < -0.39 is 17.8 Å². The quantitative estimate of drug-likeness (QED) is 0.579. The number of ether oxygens (including phenoxy) is 3. The zero-order valence-electron chi connectivity index (χ0n) is 20.4. The lowest BCUT2D eigenvalue weighted by molar-refractivity contribution is -0.124. The number of likely N-dealkylation sites (N-methyl/N-ethyl adjacent to an activating group) is 1. The van der Waals surface area contributed by atoms with Crippen molar-refractivity contribution in [3.05, 3.63) is 58.9 Å². The first-order chi connectivity index (χ1) is 17.0. The van der Waals surface area contributed by atoms with Crippen LogP contribution in [-0.2, 0) is 9.53 Å². The van der Waals surface area contributed by atoms with Gasteiger partial charge in [-0.2, -0.15) is 0 Å². The number of halogens is 1. The number of fused-ring (bicyclic) bond motifs is 1. The van der Waals surface area contributed by atoms with E-state index in [0.717, 1.165) is 39.3 Å². The van der Waals surface area contributed by atoms with Crippen molar-refractivity contribution in [1.29, 1.82) is 0 Å². The maximum absolute atomic E-state index is 14.9. The number of nitrogens with zero attached hydrogens (tertiary/aromatic N) is 2. The minimum absolute atomic E-state index is 0.270. The Morgan fingerprint density at radius 2 is 1.80 bits per heavy atom. The molecular formula is C26H32FN3O5. The van der Waals surface area contributed by atoms with Crippen molar-refractivity contribution in [2.45, 2.75) is 18.4 Å². The number of hydrogen-bond acceptors (Lipinski definition) is 6. The Labute approximate surface area is 204 Å². The van der Waals surface area contributed by atoms with Crippen LogP contribution in [-0.4, -0.2) is 82.3 Å². The number of methoxy groups -OCH3 is 2. The van der Waals surface area contributed by atoms with Gasteiger partial charge in [0.2, 0.25) is 5.91 Å². The molecule has 8 nitrogen and oxygen atoms in total. The molecule has 0 aliphatic carbocycles. The molecule has 2 heterocycles. The second kappa shape index (κ2) is 11.0. The van der Waals surface area contributed by atoms with Crippen molar-refractivity contribution in [1.82, 2.24) is 15.1 Å². The van der Waals surface area contributed by atoms with E-state index in [2.05, 4.69) is 10.2 Å². The van der Waals surface area contributed by atoms with Crippen molar-refractivity contribution in [2.24, 2.45) is 0 Å². The fourth-order valence-electron chi connectivity index (χ4n) is 4.88. The minimum Gasteiger partial charge on any atom is -0.493 e. The average Bonchev–Trinajstić information content (AvgIpc) is 2.88. The Hall–Kier alpha value is -3.17. The Kier molecular flexibility index (Phi) is 7.87. The lowest BCUT2D eigenvalue weighted by Gasteiger charge is -2.40. The first kappa shape index (κ1) is 24.9. The summed E-state index contributed by atoms with van der Waals surface area (Å²) >= 11 is 0. The van der Waals surface area contributed by atoms with Gasteiger partial charge in [-0.25, -0.2) is 4.39 Å². The molecule has 0 aromatic heterocycles. The summed E-state index contributed by atoms with van der Waals surface area (Å²) in [5.41, 5.74) is 1.12. The number of benzene rings is 2. The standard InChI is InChI=1S/C26H32FN3O5/c1-29-24(17-7-4-5-8-20(17)27)23(25(31)28-9-6-10-30-11-13-35-14-12-30)18-15-21(33-2)22(34-3)16-19(18)26(29)32/h4-5,7-8,15-16,23-24H,6,9-14H2,1-3H3,(H,28,31)/t23-,24-/m1/s1. The van der Waals surface area contributed by atoms with E-state index in [-0.39, 0.29) is 17.4 Å². The molecule has 0 bridgehead atoms. The zero-order chi connectivity index (χ0) is 24.9. The van der Waals surface area contributed by atoms with Gasteiger partial charge in [-0.15, -0.1) is 0 Å².